The van der Waals surface area contributed by atoms with Gasteiger partial charge in [-0.1, -0.05) is 25.1 Å². The summed E-state index contributed by atoms with van der Waals surface area (Å²) in [5.74, 6) is -0.267. The summed E-state index contributed by atoms with van der Waals surface area (Å²) in [5, 5.41) is 9.61. The molecule has 0 saturated carbocycles. The number of pyridine rings is 1. The Labute approximate surface area is 118 Å². The van der Waals surface area contributed by atoms with Crippen LogP contribution in [0, 0.1) is 0 Å². The van der Waals surface area contributed by atoms with Crippen LogP contribution < -0.4 is 4.72 Å². The molecular formula is C14H16N2O3S. The number of sulfonamides is 1. The van der Waals surface area contributed by atoms with E-state index in [0.29, 0.717) is 5.69 Å². The van der Waals surface area contributed by atoms with Crippen LogP contribution in [0.5, 0.6) is 5.75 Å². The van der Waals surface area contributed by atoms with Crippen LogP contribution in [0.2, 0.25) is 0 Å². The number of nitrogens with zero attached hydrogens (tertiary/aromatic N) is 1. The van der Waals surface area contributed by atoms with Gasteiger partial charge in [-0.2, -0.15) is 0 Å². The standard InChI is InChI=1S/C14H16N2O3S/c1-2-11-6-5-9-15-12(11)10-16-20(18,19)14-8-4-3-7-13(14)17/h3-9,16-17H,2,10H2,1H3. The minimum absolute atomic E-state index is 0.0979. The molecule has 0 spiro atoms. The number of phenols is 1. The van der Waals surface area contributed by atoms with Gasteiger partial charge >= 0.3 is 0 Å². The average Bonchev–Trinajstić information content (AvgIpc) is 2.46. The number of hydrogen-bond donors (Lipinski definition) is 2. The van der Waals surface area contributed by atoms with E-state index in [4.69, 9.17) is 0 Å². The maximum atomic E-state index is 12.1. The van der Waals surface area contributed by atoms with Crippen molar-refractivity contribution in [2.75, 3.05) is 0 Å². The van der Waals surface area contributed by atoms with Crippen LogP contribution >= 0.6 is 0 Å². The fourth-order valence-electron chi connectivity index (χ4n) is 1.88. The van der Waals surface area contributed by atoms with E-state index in [-0.39, 0.29) is 17.2 Å². The van der Waals surface area contributed by atoms with Gasteiger partial charge in [0.2, 0.25) is 10.0 Å². The molecule has 0 aliphatic rings. The fourth-order valence-corrected chi connectivity index (χ4v) is 2.96. The third-order valence-electron chi connectivity index (χ3n) is 2.95. The molecule has 0 atom stereocenters. The number of phenolic OH excluding ortho intramolecular Hbond substituents is 1. The van der Waals surface area contributed by atoms with Gasteiger partial charge in [0.05, 0.1) is 12.2 Å². The highest BCUT2D eigenvalue weighted by Gasteiger charge is 2.18. The van der Waals surface area contributed by atoms with E-state index in [0.717, 1.165) is 12.0 Å². The number of nitrogens with one attached hydrogen (secondary N) is 1. The molecule has 0 saturated heterocycles. The maximum Gasteiger partial charge on any atom is 0.244 e. The molecule has 2 aromatic rings. The second kappa shape index (κ2) is 6.02. The molecule has 2 N–H and O–H groups in total. The summed E-state index contributed by atoms with van der Waals surface area (Å²) < 4.78 is 26.7. The van der Waals surface area contributed by atoms with Gasteiger partial charge in [0, 0.05) is 6.20 Å². The molecule has 2 rings (SSSR count). The summed E-state index contributed by atoms with van der Waals surface area (Å²) in [6.45, 7) is 2.08. The van der Waals surface area contributed by atoms with E-state index >= 15 is 0 Å². The average molecular weight is 292 g/mol. The second-order valence-electron chi connectivity index (χ2n) is 4.26. The highest BCUT2D eigenvalue weighted by Crippen LogP contribution is 2.21. The molecule has 0 unspecified atom stereocenters. The second-order valence-corrected chi connectivity index (χ2v) is 5.99. The van der Waals surface area contributed by atoms with Gasteiger partial charge in [-0.05, 0) is 30.2 Å². The molecule has 0 amide bonds. The Kier molecular flexibility index (Phi) is 4.36. The Morgan fingerprint density at radius 2 is 1.95 bits per heavy atom. The fraction of sp³-hybridized carbons (Fsp3) is 0.214. The first-order chi connectivity index (χ1) is 9.54. The molecular weight excluding hydrogens is 276 g/mol. The van der Waals surface area contributed by atoms with E-state index in [1.165, 1.54) is 12.1 Å². The smallest absolute Gasteiger partial charge is 0.244 e. The number of para-hydroxylation sites is 1. The van der Waals surface area contributed by atoms with Crippen molar-refractivity contribution in [1.82, 2.24) is 9.71 Å². The van der Waals surface area contributed by atoms with Crippen molar-refractivity contribution in [3.63, 3.8) is 0 Å². The van der Waals surface area contributed by atoms with Crippen molar-refractivity contribution < 1.29 is 13.5 Å². The van der Waals surface area contributed by atoms with Gasteiger partial charge in [-0.15, -0.1) is 0 Å². The van der Waals surface area contributed by atoms with Gasteiger partial charge in [0.15, 0.2) is 0 Å². The van der Waals surface area contributed by atoms with E-state index in [1.807, 2.05) is 19.1 Å². The summed E-state index contributed by atoms with van der Waals surface area (Å²) in [6.07, 6.45) is 2.41. The molecule has 0 fully saturated rings. The molecule has 0 radical (unpaired) electrons. The molecule has 0 bridgehead atoms. The Morgan fingerprint density at radius 3 is 2.65 bits per heavy atom. The van der Waals surface area contributed by atoms with Crippen molar-refractivity contribution in [3.8, 4) is 5.75 Å². The molecule has 1 heterocycles. The zero-order valence-electron chi connectivity index (χ0n) is 11.1. The van der Waals surface area contributed by atoms with Crippen LogP contribution in [0.4, 0.5) is 0 Å². The molecule has 6 heteroatoms. The number of rotatable bonds is 5. The van der Waals surface area contributed by atoms with Crippen molar-refractivity contribution in [1.29, 1.82) is 0 Å². The molecule has 20 heavy (non-hydrogen) atoms. The Hall–Kier alpha value is -1.92. The van der Waals surface area contributed by atoms with E-state index in [2.05, 4.69) is 9.71 Å². The first-order valence-corrected chi connectivity index (χ1v) is 7.73. The molecule has 5 nitrogen and oxygen atoms in total. The monoisotopic (exact) mass is 292 g/mol. The largest absolute Gasteiger partial charge is 0.507 e. The highest BCUT2D eigenvalue weighted by atomic mass is 32.2. The van der Waals surface area contributed by atoms with Gasteiger partial charge < -0.3 is 5.11 Å². The lowest BCUT2D eigenvalue weighted by Gasteiger charge is -2.10. The lowest BCUT2D eigenvalue weighted by atomic mass is 10.1. The Balaban J connectivity index is 2.20. The number of hydrogen-bond acceptors (Lipinski definition) is 4. The lowest BCUT2D eigenvalue weighted by Crippen LogP contribution is -2.24. The first-order valence-electron chi connectivity index (χ1n) is 6.25. The number of aromatic nitrogens is 1. The Bertz CT molecular complexity index is 699. The maximum absolute atomic E-state index is 12.1. The number of aryl methyl sites for hydroxylation is 1. The third-order valence-corrected chi connectivity index (χ3v) is 4.40. The lowest BCUT2D eigenvalue weighted by molar-refractivity contribution is 0.458. The van der Waals surface area contributed by atoms with Crippen LogP contribution in [0.15, 0.2) is 47.5 Å². The van der Waals surface area contributed by atoms with E-state index in [9.17, 15) is 13.5 Å². The minimum Gasteiger partial charge on any atom is -0.507 e. The van der Waals surface area contributed by atoms with Crippen LogP contribution in [0.3, 0.4) is 0 Å². The highest BCUT2D eigenvalue weighted by molar-refractivity contribution is 7.89. The van der Waals surface area contributed by atoms with Gasteiger partial charge in [-0.3, -0.25) is 4.98 Å². The summed E-state index contributed by atoms with van der Waals surface area (Å²) >= 11 is 0. The van der Waals surface area contributed by atoms with Crippen LogP contribution in [0.25, 0.3) is 0 Å². The van der Waals surface area contributed by atoms with Crippen LogP contribution in [0.1, 0.15) is 18.2 Å². The van der Waals surface area contributed by atoms with Crippen molar-refractivity contribution >= 4 is 10.0 Å². The summed E-state index contributed by atoms with van der Waals surface area (Å²) in [5.41, 5.74) is 1.68. The molecule has 0 aliphatic heterocycles. The van der Waals surface area contributed by atoms with E-state index in [1.54, 1.807) is 18.3 Å². The third kappa shape index (κ3) is 3.15. The minimum atomic E-state index is -3.75. The van der Waals surface area contributed by atoms with Gasteiger partial charge in [-0.25, -0.2) is 13.1 Å². The summed E-state index contributed by atoms with van der Waals surface area (Å²) in [7, 11) is -3.75. The van der Waals surface area contributed by atoms with E-state index < -0.39 is 10.0 Å². The predicted octanol–water partition coefficient (Wildman–Crippen LogP) is 1.83. The SMILES string of the molecule is CCc1cccnc1CNS(=O)(=O)c1ccccc1O. The molecule has 1 aromatic carbocycles. The van der Waals surface area contributed by atoms with Gasteiger partial charge in [0.25, 0.3) is 0 Å². The molecule has 0 aliphatic carbocycles. The topological polar surface area (TPSA) is 79.3 Å². The number of benzene rings is 1. The zero-order valence-corrected chi connectivity index (χ0v) is 11.9. The Morgan fingerprint density at radius 1 is 1.20 bits per heavy atom. The first kappa shape index (κ1) is 14.5. The zero-order chi connectivity index (χ0) is 14.6. The van der Waals surface area contributed by atoms with Gasteiger partial charge in [0.1, 0.15) is 10.6 Å². The number of aromatic hydroxyl groups is 1. The summed E-state index contributed by atoms with van der Waals surface area (Å²) in [6, 6.07) is 9.56. The predicted molar refractivity (Wildman–Crippen MR) is 75.7 cm³/mol. The molecule has 1 aromatic heterocycles. The van der Waals surface area contributed by atoms with Crippen LogP contribution in [-0.2, 0) is 23.0 Å². The quantitative estimate of drug-likeness (QED) is 0.881. The van der Waals surface area contributed by atoms with Crippen LogP contribution in [-0.4, -0.2) is 18.5 Å². The molecule has 106 valence electrons. The normalized spacial score (nSPS) is 11.4. The van der Waals surface area contributed by atoms with Crippen molar-refractivity contribution in [2.45, 2.75) is 24.8 Å². The van der Waals surface area contributed by atoms with Crippen molar-refractivity contribution in [3.05, 3.63) is 53.9 Å². The van der Waals surface area contributed by atoms with Crippen molar-refractivity contribution in [2.24, 2.45) is 0 Å². The summed E-state index contributed by atoms with van der Waals surface area (Å²) in [4.78, 5) is 4.05.